The van der Waals surface area contributed by atoms with Crippen LogP contribution >= 0.6 is 0 Å². The third-order valence-corrected chi connectivity index (χ3v) is 0. The summed E-state index contributed by atoms with van der Waals surface area (Å²) in [7, 11) is 0. The summed E-state index contributed by atoms with van der Waals surface area (Å²) in [6.07, 6.45) is 0. The van der Waals surface area contributed by atoms with Crippen molar-refractivity contribution in [2.24, 2.45) is 0 Å². The Morgan fingerprint density at radius 3 is 1.33 bits per heavy atom. The van der Waals surface area contributed by atoms with E-state index in [4.69, 9.17) is 13.3 Å². The molecule has 0 saturated carbocycles. The molecule has 0 fully saturated rings. The van der Waals surface area contributed by atoms with Gasteiger partial charge in [0.1, 0.15) is 0 Å². The minimum absolute atomic E-state index is 0. The van der Waals surface area contributed by atoms with Crippen molar-refractivity contribution < 1.29 is 32.8 Å². The second-order valence-corrected chi connectivity index (χ2v) is 0.692. The maximum absolute atomic E-state index is 8.67. The molecule has 0 saturated heterocycles. The van der Waals surface area contributed by atoms with Gasteiger partial charge in [-0.2, -0.15) is 4.21 Å². The molecule has 0 bridgehead atoms. The van der Waals surface area contributed by atoms with Gasteiger partial charge in [0, 0.05) is 19.5 Å². The van der Waals surface area contributed by atoms with Crippen molar-refractivity contribution in [1.82, 2.24) is 6.15 Å². The second-order valence-electron chi connectivity index (χ2n) is 0.231. The molecule has 5 N–H and O–H groups in total. The standard InChI is InChI=1S/H3N.H2O3S.Rh/c;1-4(2)3;/h1H3;(H2,1,2,3);. The van der Waals surface area contributed by atoms with Crippen molar-refractivity contribution in [2.45, 2.75) is 0 Å². The molecular weight excluding hydrogens is 197 g/mol. The SMILES string of the molecule is N.O=S(O)O.[Rh]. The van der Waals surface area contributed by atoms with Crippen molar-refractivity contribution in [3.63, 3.8) is 0 Å². The van der Waals surface area contributed by atoms with E-state index in [0.29, 0.717) is 0 Å². The molecule has 0 aliphatic carbocycles. The zero-order chi connectivity index (χ0) is 3.58. The Hall–Kier alpha value is 0.653. The average Bonchev–Trinajstić information content (AvgIpc) is 0.811. The number of rotatable bonds is 0. The Kier molecular flexibility index (Phi) is 24.4. The molecule has 1 radical (unpaired) electrons. The van der Waals surface area contributed by atoms with Crippen molar-refractivity contribution in [3.05, 3.63) is 0 Å². The zero-order valence-electron chi connectivity index (χ0n) is 2.75. The predicted octanol–water partition coefficient (Wildman–Crippen LogP) is -0.159. The first-order chi connectivity index (χ1) is 1.73. The first-order valence-electron chi connectivity index (χ1n) is 0.532. The van der Waals surface area contributed by atoms with Gasteiger partial charge in [-0.3, -0.25) is 9.11 Å². The van der Waals surface area contributed by atoms with Gasteiger partial charge in [-0.15, -0.1) is 0 Å². The Labute approximate surface area is 50.8 Å². The van der Waals surface area contributed by atoms with Crippen molar-refractivity contribution in [1.29, 1.82) is 0 Å². The molecule has 6 heteroatoms. The van der Waals surface area contributed by atoms with E-state index >= 15 is 0 Å². The van der Waals surface area contributed by atoms with Crippen LogP contribution in [0.25, 0.3) is 0 Å². The van der Waals surface area contributed by atoms with Gasteiger partial charge in [-0.25, -0.2) is 0 Å². The number of hydrogen-bond donors (Lipinski definition) is 3. The van der Waals surface area contributed by atoms with Gasteiger partial charge in [0.15, 0.2) is 0 Å². The van der Waals surface area contributed by atoms with Crippen LogP contribution < -0.4 is 6.15 Å². The molecule has 0 rings (SSSR count). The van der Waals surface area contributed by atoms with Crippen LogP contribution in [-0.4, -0.2) is 13.3 Å². The fraction of sp³-hybridized carbons (Fsp3) is 0. The minimum Gasteiger partial charge on any atom is -0.344 e. The first-order valence-corrected chi connectivity index (χ1v) is 1.60. The van der Waals surface area contributed by atoms with Gasteiger partial charge in [-0.05, 0) is 0 Å². The van der Waals surface area contributed by atoms with Crippen LogP contribution in [0.1, 0.15) is 0 Å². The van der Waals surface area contributed by atoms with Gasteiger partial charge in [0.05, 0.1) is 0 Å². The van der Waals surface area contributed by atoms with Crippen LogP contribution in [0.4, 0.5) is 0 Å². The molecule has 0 aromatic carbocycles. The van der Waals surface area contributed by atoms with Gasteiger partial charge in [0.2, 0.25) is 0 Å². The van der Waals surface area contributed by atoms with E-state index in [1.165, 1.54) is 0 Å². The maximum Gasteiger partial charge on any atom is 0.299 e. The molecule has 0 aromatic heterocycles. The molecule has 0 unspecified atom stereocenters. The van der Waals surface area contributed by atoms with Crippen molar-refractivity contribution in [2.75, 3.05) is 0 Å². The Morgan fingerprint density at radius 2 is 1.33 bits per heavy atom. The monoisotopic (exact) mass is 202 g/mol. The summed E-state index contributed by atoms with van der Waals surface area (Å²) in [6.45, 7) is 0. The Morgan fingerprint density at radius 1 is 1.33 bits per heavy atom. The fourth-order valence-electron chi connectivity index (χ4n) is 0. The predicted molar refractivity (Wildman–Crippen MR) is 18.4 cm³/mol. The van der Waals surface area contributed by atoms with Gasteiger partial charge >= 0.3 is 0 Å². The van der Waals surface area contributed by atoms with Crippen molar-refractivity contribution >= 4 is 11.4 Å². The molecular formula is H5NO3RhS. The van der Waals surface area contributed by atoms with Gasteiger partial charge in [-0.1, -0.05) is 0 Å². The summed E-state index contributed by atoms with van der Waals surface area (Å²) in [6, 6.07) is 0. The van der Waals surface area contributed by atoms with E-state index in [9.17, 15) is 0 Å². The molecule has 0 aliphatic heterocycles. The van der Waals surface area contributed by atoms with E-state index in [-0.39, 0.29) is 25.6 Å². The van der Waals surface area contributed by atoms with E-state index < -0.39 is 11.4 Å². The fourth-order valence-corrected chi connectivity index (χ4v) is 0. The van der Waals surface area contributed by atoms with Crippen molar-refractivity contribution in [3.8, 4) is 0 Å². The molecule has 43 valence electrons. The molecule has 0 atom stereocenters. The Bertz CT molecular complexity index is 33.8. The summed E-state index contributed by atoms with van der Waals surface area (Å²) in [5.74, 6) is 0. The molecule has 0 aromatic rings. The zero-order valence-corrected chi connectivity index (χ0v) is 5.21. The molecule has 6 heavy (non-hydrogen) atoms. The quantitative estimate of drug-likeness (QED) is 0.376. The van der Waals surface area contributed by atoms with Crippen LogP contribution in [0.5, 0.6) is 0 Å². The summed E-state index contributed by atoms with van der Waals surface area (Å²) >= 11 is -2.61. The third-order valence-electron chi connectivity index (χ3n) is 0. The topological polar surface area (TPSA) is 92.5 Å². The molecule has 0 aliphatic rings. The Balaban J connectivity index is -0.0000000450. The third kappa shape index (κ3) is 145. The summed E-state index contributed by atoms with van der Waals surface area (Å²) < 4.78 is 22.8. The normalized spacial score (nSPS) is 5.83. The summed E-state index contributed by atoms with van der Waals surface area (Å²) in [5, 5.41) is 0. The first kappa shape index (κ1) is 15.9. The van der Waals surface area contributed by atoms with Crippen LogP contribution in [-0.2, 0) is 30.8 Å². The molecule has 0 amide bonds. The summed E-state index contributed by atoms with van der Waals surface area (Å²) in [4.78, 5) is 0. The number of hydrogen-bond acceptors (Lipinski definition) is 2. The smallest absolute Gasteiger partial charge is 0.299 e. The van der Waals surface area contributed by atoms with Crippen LogP contribution in [0.3, 0.4) is 0 Å². The maximum atomic E-state index is 8.67. The average molecular weight is 202 g/mol. The van der Waals surface area contributed by atoms with Gasteiger partial charge in [0.25, 0.3) is 11.4 Å². The van der Waals surface area contributed by atoms with Crippen LogP contribution in [0.15, 0.2) is 0 Å². The van der Waals surface area contributed by atoms with Crippen LogP contribution in [0.2, 0.25) is 0 Å². The second kappa shape index (κ2) is 9.17. The summed E-state index contributed by atoms with van der Waals surface area (Å²) in [5.41, 5.74) is 0. The van der Waals surface area contributed by atoms with Gasteiger partial charge < -0.3 is 6.15 Å². The van der Waals surface area contributed by atoms with E-state index in [1.807, 2.05) is 0 Å². The largest absolute Gasteiger partial charge is 0.344 e. The minimum atomic E-state index is -2.61. The van der Waals surface area contributed by atoms with E-state index in [1.54, 1.807) is 0 Å². The molecule has 0 spiro atoms. The molecule has 0 heterocycles. The van der Waals surface area contributed by atoms with E-state index in [2.05, 4.69) is 0 Å². The van der Waals surface area contributed by atoms with E-state index in [0.717, 1.165) is 0 Å². The van der Waals surface area contributed by atoms with Crippen LogP contribution in [0, 0.1) is 0 Å². The molecule has 4 nitrogen and oxygen atoms in total.